The van der Waals surface area contributed by atoms with Gasteiger partial charge in [0, 0.05) is 6.07 Å². The Morgan fingerprint density at radius 2 is 2.22 bits per heavy atom. The maximum Gasteiger partial charge on any atom is 0.295 e. The van der Waals surface area contributed by atoms with Gasteiger partial charge in [-0.15, -0.1) is 0 Å². The van der Waals surface area contributed by atoms with Crippen molar-refractivity contribution >= 4 is 11.4 Å². The van der Waals surface area contributed by atoms with Gasteiger partial charge in [0.05, 0.1) is 11.5 Å². The van der Waals surface area contributed by atoms with Crippen molar-refractivity contribution in [1.29, 1.82) is 0 Å². The largest absolute Gasteiger partial charge is 0.370 e. The highest BCUT2D eigenvalue weighted by atomic mass is 19.2. The molecule has 1 aromatic heterocycles. The SMILES string of the molecule is O=[N+]([O-])c1ccc(F)c(F)c1NCc1ncon1. The summed E-state index contributed by atoms with van der Waals surface area (Å²) in [6.45, 7) is -0.127. The third kappa shape index (κ3) is 2.24. The molecule has 0 fully saturated rings. The van der Waals surface area contributed by atoms with Crippen molar-refractivity contribution in [2.45, 2.75) is 6.54 Å². The summed E-state index contributed by atoms with van der Waals surface area (Å²) in [5.74, 6) is -2.35. The van der Waals surface area contributed by atoms with Crippen LogP contribution in [-0.2, 0) is 6.54 Å². The van der Waals surface area contributed by atoms with E-state index in [4.69, 9.17) is 0 Å². The van der Waals surface area contributed by atoms with E-state index in [0.29, 0.717) is 6.07 Å². The van der Waals surface area contributed by atoms with Crippen molar-refractivity contribution in [2.24, 2.45) is 0 Å². The minimum absolute atomic E-state index is 0.127. The van der Waals surface area contributed by atoms with Crippen LogP contribution in [0.4, 0.5) is 20.2 Å². The molecule has 0 amide bonds. The molecule has 1 aromatic carbocycles. The normalized spacial score (nSPS) is 10.3. The topological polar surface area (TPSA) is 94.1 Å². The molecule has 2 rings (SSSR count). The van der Waals surface area contributed by atoms with Crippen molar-refractivity contribution in [3.63, 3.8) is 0 Å². The molecular formula is C9H6F2N4O3. The van der Waals surface area contributed by atoms with Gasteiger partial charge in [-0.1, -0.05) is 5.16 Å². The number of hydrogen-bond acceptors (Lipinski definition) is 6. The molecule has 1 heterocycles. The summed E-state index contributed by atoms with van der Waals surface area (Å²) in [4.78, 5) is 13.5. The second-order valence-corrected chi connectivity index (χ2v) is 3.21. The summed E-state index contributed by atoms with van der Waals surface area (Å²) in [7, 11) is 0. The van der Waals surface area contributed by atoms with E-state index in [1.165, 1.54) is 0 Å². The maximum absolute atomic E-state index is 13.4. The van der Waals surface area contributed by atoms with Crippen molar-refractivity contribution in [3.8, 4) is 0 Å². The van der Waals surface area contributed by atoms with Crippen LogP contribution in [0.15, 0.2) is 23.0 Å². The van der Waals surface area contributed by atoms with Gasteiger partial charge in [-0.05, 0) is 6.07 Å². The first-order valence-electron chi connectivity index (χ1n) is 4.71. The molecule has 0 spiro atoms. The van der Waals surface area contributed by atoms with Gasteiger partial charge < -0.3 is 9.84 Å². The van der Waals surface area contributed by atoms with Crippen LogP contribution in [0.25, 0.3) is 0 Å². The van der Waals surface area contributed by atoms with Crippen molar-refractivity contribution in [1.82, 2.24) is 10.1 Å². The number of benzene rings is 1. The van der Waals surface area contributed by atoms with Crippen LogP contribution < -0.4 is 5.32 Å². The van der Waals surface area contributed by atoms with Gasteiger partial charge >= 0.3 is 0 Å². The Balaban J connectivity index is 2.30. The Morgan fingerprint density at radius 1 is 1.44 bits per heavy atom. The zero-order valence-electron chi connectivity index (χ0n) is 8.76. The Labute approximate surface area is 98.6 Å². The summed E-state index contributed by atoms with van der Waals surface area (Å²) in [6.07, 6.45) is 1.05. The number of rotatable bonds is 4. The van der Waals surface area contributed by atoms with E-state index >= 15 is 0 Å². The average molecular weight is 256 g/mol. The predicted molar refractivity (Wildman–Crippen MR) is 54.6 cm³/mol. The molecule has 94 valence electrons. The summed E-state index contributed by atoms with van der Waals surface area (Å²) in [5, 5.41) is 16.5. The molecule has 0 saturated carbocycles. The second-order valence-electron chi connectivity index (χ2n) is 3.21. The Morgan fingerprint density at radius 3 is 2.83 bits per heavy atom. The maximum atomic E-state index is 13.4. The van der Waals surface area contributed by atoms with Crippen LogP contribution in [0.2, 0.25) is 0 Å². The summed E-state index contributed by atoms with van der Waals surface area (Å²) in [5.41, 5.74) is -1.12. The number of nitrogens with one attached hydrogen (secondary N) is 1. The molecule has 0 atom stereocenters. The first kappa shape index (κ1) is 11.9. The predicted octanol–water partition coefficient (Wildman–Crippen LogP) is 1.87. The Bertz CT molecular complexity index is 573. The van der Waals surface area contributed by atoms with Gasteiger partial charge in [-0.25, -0.2) is 8.78 Å². The number of aromatic nitrogens is 2. The third-order valence-corrected chi connectivity index (χ3v) is 2.10. The summed E-state index contributed by atoms with van der Waals surface area (Å²) < 4.78 is 30.9. The summed E-state index contributed by atoms with van der Waals surface area (Å²) in [6, 6.07) is 1.56. The molecule has 18 heavy (non-hydrogen) atoms. The highest BCUT2D eigenvalue weighted by molar-refractivity contribution is 5.62. The number of nitro benzene ring substituents is 1. The molecule has 0 aliphatic carbocycles. The summed E-state index contributed by atoms with van der Waals surface area (Å²) >= 11 is 0. The average Bonchev–Trinajstić information content (AvgIpc) is 2.83. The third-order valence-electron chi connectivity index (χ3n) is 2.10. The van der Waals surface area contributed by atoms with E-state index in [2.05, 4.69) is 20.0 Å². The van der Waals surface area contributed by atoms with E-state index in [-0.39, 0.29) is 12.4 Å². The lowest BCUT2D eigenvalue weighted by molar-refractivity contribution is -0.384. The number of nitrogens with zero attached hydrogens (tertiary/aromatic N) is 3. The minimum atomic E-state index is -1.33. The van der Waals surface area contributed by atoms with E-state index in [1.54, 1.807) is 0 Å². The fourth-order valence-corrected chi connectivity index (χ4v) is 1.30. The van der Waals surface area contributed by atoms with Crippen LogP contribution in [0.5, 0.6) is 0 Å². The van der Waals surface area contributed by atoms with Gasteiger partial charge in [0.1, 0.15) is 0 Å². The lowest BCUT2D eigenvalue weighted by Crippen LogP contribution is -2.07. The van der Waals surface area contributed by atoms with E-state index < -0.39 is 27.9 Å². The molecular weight excluding hydrogens is 250 g/mol. The van der Waals surface area contributed by atoms with E-state index in [1.807, 2.05) is 0 Å². The molecule has 0 aliphatic heterocycles. The first-order valence-corrected chi connectivity index (χ1v) is 4.71. The van der Waals surface area contributed by atoms with Crippen LogP contribution in [0.1, 0.15) is 5.82 Å². The molecule has 1 N–H and O–H groups in total. The van der Waals surface area contributed by atoms with E-state index in [9.17, 15) is 18.9 Å². The fraction of sp³-hybridized carbons (Fsp3) is 0.111. The number of nitro groups is 1. The van der Waals surface area contributed by atoms with Crippen molar-refractivity contribution in [3.05, 3.63) is 46.1 Å². The van der Waals surface area contributed by atoms with Gasteiger partial charge in [0.15, 0.2) is 23.1 Å². The molecule has 0 bridgehead atoms. The van der Waals surface area contributed by atoms with Gasteiger partial charge in [-0.2, -0.15) is 4.98 Å². The van der Waals surface area contributed by atoms with E-state index in [0.717, 1.165) is 12.5 Å². The highest BCUT2D eigenvalue weighted by Crippen LogP contribution is 2.29. The lowest BCUT2D eigenvalue weighted by atomic mass is 10.2. The highest BCUT2D eigenvalue weighted by Gasteiger charge is 2.21. The van der Waals surface area contributed by atoms with Crippen LogP contribution in [0, 0.1) is 21.7 Å². The monoisotopic (exact) mass is 256 g/mol. The van der Waals surface area contributed by atoms with Gasteiger partial charge in [-0.3, -0.25) is 10.1 Å². The van der Waals surface area contributed by atoms with Crippen LogP contribution in [0.3, 0.4) is 0 Å². The fourth-order valence-electron chi connectivity index (χ4n) is 1.30. The zero-order chi connectivity index (χ0) is 13.1. The van der Waals surface area contributed by atoms with Gasteiger partial charge in [0.2, 0.25) is 6.39 Å². The van der Waals surface area contributed by atoms with Crippen molar-refractivity contribution in [2.75, 3.05) is 5.32 Å². The molecule has 0 aliphatic rings. The van der Waals surface area contributed by atoms with Crippen molar-refractivity contribution < 1.29 is 18.2 Å². The molecule has 0 saturated heterocycles. The number of hydrogen-bond donors (Lipinski definition) is 1. The molecule has 7 nitrogen and oxygen atoms in total. The molecule has 9 heteroatoms. The number of anilines is 1. The van der Waals surface area contributed by atoms with Gasteiger partial charge in [0.25, 0.3) is 5.69 Å². The Hall–Kier alpha value is -2.58. The molecule has 0 unspecified atom stereocenters. The zero-order valence-corrected chi connectivity index (χ0v) is 8.76. The quantitative estimate of drug-likeness (QED) is 0.662. The minimum Gasteiger partial charge on any atom is -0.370 e. The van der Waals surface area contributed by atoms with Crippen LogP contribution >= 0.6 is 0 Å². The first-order chi connectivity index (χ1) is 8.59. The van der Waals surface area contributed by atoms with Crippen LogP contribution in [-0.4, -0.2) is 15.1 Å². The standard InChI is InChI=1S/C9H6F2N4O3/c10-5-1-2-6(15(16)17)9(8(5)11)12-3-7-13-4-18-14-7/h1-2,4,12H,3H2. The molecule has 2 aromatic rings. The number of halogens is 2. The molecule has 0 radical (unpaired) electrons. The lowest BCUT2D eigenvalue weighted by Gasteiger charge is -2.06. The second kappa shape index (κ2) is 4.73. The smallest absolute Gasteiger partial charge is 0.295 e. The Kier molecular flexibility index (Phi) is 3.13.